The van der Waals surface area contributed by atoms with Crippen LogP contribution in [0.25, 0.3) is 0 Å². The molecule has 21 heavy (non-hydrogen) atoms. The van der Waals surface area contributed by atoms with Crippen molar-refractivity contribution in [1.82, 2.24) is 19.4 Å². The Morgan fingerprint density at radius 2 is 2.05 bits per heavy atom. The number of aromatic nitrogens is 2. The molecule has 0 amide bonds. The quantitative estimate of drug-likeness (QED) is 0.821. The van der Waals surface area contributed by atoms with Gasteiger partial charge in [-0.25, -0.2) is 8.42 Å². The fourth-order valence-electron chi connectivity index (χ4n) is 3.38. The van der Waals surface area contributed by atoms with E-state index in [9.17, 15) is 13.5 Å². The summed E-state index contributed by atoms with van der Waals surface area (Å²) in [6.07, 6.45) is 3.29. The third-order valence-electron chi connectivity index (χ3n) is 4.49. The monoisotopic (exact) mass is 314 g/mol. The van der Waals surface area contributed by atoms with E-state index < -0.39 is 10.0 Å². The van der Waals surface area contributed by atoms with Crippen molar-refractivity contribution >= 4 is 10.0 Å². The molecule has 2 saturated heterocycles. The Hall–Kier alpha value is -0.960. The second-order valence-corrected chi connectivity index (χ2v) is 7.71. The Morgan fingerprint density at radius 1 is 1.33 bits per heavy atom. The molecule has 2 aliphatic rings. The average Bonchev–Trinajstić information content (AvgIpc) is 3.18. The first-order valence-electron chi connectivity index (χ1n) is 7.43. The van der Waals surface area contributed by atoms with E-state index in [-0.39, 0.29) is 17.2 Å². The zero-order valence-electron chi connectivity index (χ0n) is 12.2. The molecule has 7 nitrogen and oxygen atoms in total. The van der Waals surface area contributed by atoms with Gasteiger partial charge in [-0.05, 0) is 39.3 Å². The van der Waals surface area contributed by atoms with Gasteiger partial charge in [-0.3, -0.25) is 10.00 Å². The molecule has 1 aromatic rings. The maximum Gasteiger partial charge on any atom is 0.246 e. The van der Waals surface area contributed by atoms with Crippen LogP contribution in [-0.2, 0) is 16.6 Å². The van der Waals surface area contributed by atoms with Gasteiger partial charge in [-0.15, -0.1) is 0 Å². The summed E-state index contributed by atoms with van der Waals surface area (Å²) in [6.45, 7) is 4.53. The zero-order chi connectivity index (χ0) is 15.0. The van der Waals surface area contributed by atoms with E-state index in [4.69, 9.17) is 0 Å². The van der Waals surface area contributed by atoms with Crippen molar-refractivity contribution in [2.45, 2.75) is 43.7 Å². The van der Waals surface area contributed by atoms with Crippen LogP contribution >= 0.6 is 0 Å². The summed E-state index contributed by atoms with van der Waals surface area (Å²) >= 11 is 0. The Kier molecular flexibility index (Phi) is 4.04. The van der Waals surface area contributed by atoms with Gasteiger partial charge in [-0.2, -0.15) is 9.40 Å². The van der Waals surface area contributed by atoms with E-state index >= 15 is 0 Å². The van der Waals surface area contributed by atoms with E-state index in [1.54, 1.807) is 6.92 Å². The predicted molar refractivity (Wildman–Crippen MR) is 77.2 cm³/mol. The van der Waals surface area contributed by atoms with Crippen LogP contribution in [-0.4, -0.2) is 65.1 Å². The van der Waals surface area contributed by atoms with Gasteiger partial charge in [0.2, 0.25) is 10.0 Å². The van der Waals surface area contributed by atoms with Crippen molar-refractivity contribution in [1.29, 1.82) is 0 Å². The number of sulfonamides is 1. The molecule has 0 aliphatic carbocycles. The maximum absolute atomic E-state index is 12.8. The molecule has 0 bridgehead atoms. The topological polar surface area (TPSA) is 89.5 Å². The van der Waals surface area contributed by atoms with E-state index in [2.05, 4.69) is 15.1 Å². The van der Waals surface area contributed by atoms with Crippen LogP contribution in [0.4, 0.5) is 0 Å². The summed E-state index contributed by atoms with van der Waals surface area (Å²) in [6, 6.07) is 0.326. The molecule has 2 fully saturated rings. The first-order valence-corrected chi connectivity index (χ1v) is 8.87. The van der Waals surface area contributed by atoms with Gasteiger partial charge in [0.1, 0.15) is 10.6 Å². The van der Waals surface area contributed by atoms with E-state index in [1.807, 2.05) is 0 Å². The Morgan fingerprint density at radius 3 is 2.71 bits per heavy atom. The number of hydrogen-bond donors (Lipinski definition) is 2. The Balaban J connectivity index is 1.81. The molecule has 0 radical (unpaired) electrons. The summed E-state index contributed by atoms with van der Waals surface area (Å²) < 4.78 is 27.1. The lowest BCUT2D eigenvalue weighted by Crippen LogP contribution is -2.37. The van der Waals surface area contributed by atoms with Crippen molar-refractivity contribution in [3.05, 3.63) is 11.4 Å². The lowest BCUT2D eigenvalue weighted by Gasteiger charge is -2.23. The number of H-pyrrole nitrogens is 1. The third-order valence-corrected chi connectivity index (χ3v) is 6.56. The van der Waals surface area contributed by atoms with Crippen LogP contribution in [0.15, 0.2) is 4.90 Å². The first kappa shape index (κ1) is 15.0. The molecule has 3 heterocycles. The van der Waals surface area contributed by atoms with Crippen LogP contribution in [0.5, 0.6) is 0 Å². The minimum absolute atomic E-state index is 0.145. The highest BCUT2D eigenvalue weighted by molar-refractivity contribution is 7.89. The minimum atomic E-state index is -3.58. The fraction of sp³-hybridized carbons (Fsp3) is 0.769. The summed E-state index contributed by atoms with van der Waals surface area (Å²) in [5.41, 5.74) is 0.695. The van der Waals surface area contributed by atoms with Gasteiger partial charge >= 0.3 is 0 Å². The normalized spacial score (nSPS) is 25.0. The highest BCUT2D eigenvalue weighted by atomic mass is 32.2. The summed E-state index contributed by atoms with van der Waals surface area (Å²) in [5, 5.41) is 15.8. The lowest BCUT2D eigenvalue weighted by molar-refractivity contribution is 0.250. The minimum Gasteiger partial charge on any atom is -0.390 e. The Bertz CT molecular complexity index is 607. The number of nitrogens with zero attached hydrogens (tertiary/aromatic N) is 3. The lowest BCUT2D eigenvalue weighted by atomic mass is 10.2. The number of likely N-dealkylation sites (tertiary alicyclic amines) is 1. The second-order valence-electron chi connectivity index (χ2n) is 5.83. The molecule has 0 saturated carbocycles. The van der Waals surface area contributed by atoms with Crippen LogP contribution < -0.4 is 0 Å². The fourth-order valence-corrected chi connectivity index (χ4v) is 5.19. The Labute approximate surface area is 125 Å². The number of rotatable bonds is 4. The molecule has 0 aromatic carbocycles. The number of aromatic amines is 1. The van der Waals surface area contributed by atoms with Crippen molar-refractivity contribution in [3.63, 3.8) is 0 Å². The highest BCUT2D eigenvalue weighted by Gasteiger charge is 2.38. The molecule has 1 aromatic heterocycles. The van der Waals surface area contributed by atoms with Crippen LogP contribution in [0.1, 0.15) is 30.7 Å². The zero-order valence-corrected chi connectivity index (χ0v) is 13.1. The smallest absolute Gasteiger partial charge is 0.246 e. The molecule has 118 valence electrons. The van der Waals surface area contributed by atoms with Gasteiger partial charge in [0.05, 0.1) is 12.3 Å². The predicted octanol–water partition coefficient (Wildman–Crippen LogP) is 0.0692. The summed E-state index contributed by atoms with van der Waals surface area (Å²) in [4.78, 5) is 2.54. The number of nitrogens with one attached hydrogen (secondary N) is 1. The number of aryl methyl sites for hydroxylation is 1. The van der Waals surface area contributed by atoms with E-state index in [0.29, 0.717) is 24.8 Å². The molecule has 0 spiro atoms. The van der Waals surface area contributed by atoms with Gasteiger partial charge in [-0.1, -0.05) is 0 Å². The standard InChI is InChI=1S/C13H22N4O3S/c1-10-13(12(9-18)15-14-10)21(19,20)17-7-4-11(8-17)16-5-2-3-6-16/h11,18H,2-9H2,1H3,(H,14,15). The molecule has 2 N–H and O–H groups in total. The van der Waals surface area contributed by atoms with E-state index in [0.717, 1.165) is 19.5 Å². The van der Waals surface area contributed by atoms with Crippen molar-refractivity contribution in [2.75, 3.05) is 26.2 Å². The van der Waals surface area contributed by atoms with Crippen LogP contribution in [0, 0.1) is 6.92 Å². The van der Waals surface area contributed by atoms with Gasteiger partial charge < -0.3 is 5.11 Å². The third kappa shape index (κ3) is 2.61. The second kappa shape index (κ2) is 5.68. The molecule has 8 heteroatoms. The van der Waals surface area contributed by atoms with Crippen molar-refractivity contribution < 1.29 is 13.5 Å². The SMILES string of the molecule is Cc1[nH]nc(CO)c1S(=O)(=O)N1CCC(N2CCCC2)C1. The average molecular weight is 314 g/mol. The molecule has 1 unspecified atom stereocenters. The first-order chi connectivity index (χ1) is 10.0. The number of aliphatic hydroxyl groups is 1. The number of aliphatic hydroxyl groups excluding tert-OH is 1. The number of hydrogen-bond acceptors (Lipinski definition) is 5. The molecular formula is C13H22N4O3S. The molecule has 2 aliphatic heterocycles. The van der Waals surface area contributed by atoms with Crippen LogP contribution in [0.2, 0.25) is 0 Å². The van der Waals surface area contributed by atoms with Crippen LogP contribution in [0.3, 0.4) is 0 Å². The largest absolute Gasteiger partial charge is 0.390 e. The van der Waals surface area contributed by atoms with Gasteiger partial charge in [0.15, 0.2) is 0 Å². The maximum atomic E-state index is 12.8. The van der Waals surface area contributed by atoms with Crippen molar-refractivity contribution in [2.24, 2.45) is 0 Å². The highest BCUT2D eigenvalue weighted by Crippen LogP contribution is 2.28. The molecule has 1 atom stereocenters. The van der Waals surface area contributed by atoms with Gasteiger partial charge in [0, 0.05) is 19.1 Å². The van der Waals surface area contributed by atoms with Gasteiger partial charge in [0.25, 0.3) is 0 Å². The van der Waals surface area contributed by atoms with E-state index in [1.165, 1.54) is 17.1 Å². The summed E-state index contributed by atoms with van der Waals surface area (Å²) in [7, 11) is -3.58. The molecule has 3 rings (SSSR count). The summed E-state index contributed by atoms with van der Waals surface area (Å²) in [5.74, 6) is 0. The van der Waals surface area contributed by atoms with Crippen molar-refractivity contribution in [3.8, 4) is 0 Å². The molecular weight excluding hydrogens is 292 g/mol.